The molecular formula is C19H34F6N3O4S3+. The molecule has 0 saturated heterocycles. The number of hydrogen-bond donors (Lipinski definition) is 1. The van der Waals surface area contributed by atoms with Crippen LogP contribution in [0.5, 0.6) is 0 Å². The van der Waals surface area contributed by atoms with Crippen LogP contribution < -0.4 is 4.57 Å². The van der Waals surface area contributed by atoms with E-state index in [0.29, 0.717) is 12.8 Å². The van der Waals surface area contributed by atoms with E-state index in [9.17, 15) is 43.2 Å². The lowest BCUT2D eigenvalue weighted by atomic mass is 10.1. The van der Waals surface area contributed by atoms with E-state index in [1.54, 1.807) is 3.97 Å². The fraction of sp³-hybridized carbons (Fsp3) is 0.842. The SMILES string of the molecule is CCCCCCCCCCN(S(=O)(=O)C(F)(F)F)S(=O)(=O)C(F)(F)F.CCCC[n+]1ccn(S)c1. The van der Waals surface area contributed by atoms with Gasteiger partial charge in [-0.3, -0.25) is 0 Å². The summed E-state index contributed by atoms with van der Waals surface area (Å²) in [5, 5.41) is 0. The number of rotatable bonds is 14. The number of halogens is 6. The lowest BCUT2D eigenvalue weighted by Crippen LogP contribution is -2.49. The maximum absolute atomic E-state index is 12.5. The third-order valence-electron chi connectivity index (χ3n) is 4.76. The number of imidazole rings is 1. The lowest BCUT2D eigenvalue weighted by molar-refractivity contribution is -0.696. The van der Waals surface area contributed by atoms with E-state index in [1.807, 2.05) is 25.6 Å². The number of nitrogens with zero attached hydrogens (tertiary/aromatic N) is 3. The Morgan fingerprint density at radius 3 is 1.57 bits per heavy atom. The zero-order valence-corrected chi connectivity index (χ0v) is 22.3. The van der Waals surface area contributed by atoms with Gasteiger partial charge in [-0.15, -0.1) is 0 Å². The predicted octanol–water partition coefficient (Wildman–Crippen LogP) is 5.40. The Bertz CT molecular complexity index is 888. The Hall–Kier alpha value is -1.00. The van der Waals surface area contributed by atoms with Crippen molar-refractivity contribution in [2.45, 2.75) is 95.6 Å². The van der Waals surface area contributed by atoms with Crippen LogP contribution in [-0.2, 0) is 26.6 Å². The van der Waals surface area contributed by atoms with E-state index in [-0.39, 0.29) is 6.42 Å². The average molecular weight is 579 g/mol. The summed E-state index contributed by atoms with van der Waals surface area (Å²) < 4.78 is 122. The molecule has 0 amide bonds. The summed E-state index contributed by atoms with van der Waals surface area (Å²) >= 11 is 4.12. The number of alkyl halides is 6. The maximum Gasteiger partial charge on any atom is 0.512 e. The van der Waals surface area contributed by atoms with Crippen LogP contribution >= 0.6 is 12.8 Å². The summed E-state index contributed by atoms with van der Waals surface area (Å²) in [5.74, 6) is 0. The van der Waals surface area contributed by atoms with Crippen LogP contribution in [0, 0.1) is 0 Å². The standard InChI is InChI=1S/C12H21F6NO4S2.C7H13N2S/c1-2-3-4-5-6-7-8-9-10-19(24(20,21)11(13,14)15)25(22,23)12(16,17)18;1-2-3-4-8-5-6-9(10)7-8/h2-10H2,1H3;5-7,10H,2-4H2,1H3/q;+1. The molecule has 7 nitrogen and oxygen atoms in total. The van der Waals surface area contributed by atoms with E-state index in [2.05, 4.69) is 24.3 Å². The van der Waals surface area contributed by atoms with Gasteiger partial charge in [0.2, 0.25) is 0 Å². The molecular weight excluding hydrogens is 544 g/mol. The Balaban J connectivity index is 0.000000952. The average Bonchev–Trinajstić information content (AvgIpc) is 3.14. The molecule has 0 bridgehead atoms. The quantitative estimate of drug-likeness (QED) is 0.139. The van der Waals surface area contributed by atoms with Crippen molar-refractivity contribution >= 4 is 32.9 Å². The largest absolute Gasteiger partial charge is 0.512 e. The maximum atomic E-state index is 12.5. The molecule has 0 N–H and O–H groups in total. The summed E-state index contributed by atoms with van der Waals surface area (Å²) in [6.45, 7) is 3.89. The topological polar surface area (TPSA) is 80.3 Å². The van der Waals surface area contributed by atoms with Gasteiger partial charge in [-0.05, 0) is 12.8 Å². The minimum absolute atomic E-state index is 0.114. The van der Waals surface area contributed by atoms with Crippen molar-refractivity contribution in [3.8, 4) is 0 Å². The third-order valence-corrected chi connectivity index (χ3v) is 8.78. The van der Waals surface area contributed by atoms with E-state index < -0.39 is 47.7 Å². The highest BCUT2D eigenvalue weighted by molar-refractivity contribution is 8.04. The molecule has 0 aliphatic carbocycles. The van der Waals surface area contributed by atoms with Crippen molar-refractivity contribution in [2.24, 2.45) is 0 Å². The summed E-state index contributed by atoms with van der Waals surface area (Å²) in [5.41, 5.74) is -12.3. The fourth-order valence-corrected chi connectivity index (χ4v) is 5.76. The summed E-state index contributed by atoms with van der Waals surface area (Å²) in [4.78, 5) is 0. The van der Waals surface area contributed by atoms with Gasteiger partial charge in [0, 0.05) is 19.4 Å². The van der Waals surface area contributed by atoms with Crippen LogP contribution in [0.15, 0.2) is 18.7 Å². The molecule has 0 aromatic carbocycles. The zero-order valence-electron chi connectivity index (χ0n) is 19.7. The highest BCUT2D eigenvalue weighted by Crippen LogP contribution is 2.35. The van der Waals surface area contributed by atoms with Gasteiger partial charge in [0.1, 0.15) is 12.4 Å². The number of hydrogen-bond acceptors (Lipinski definition) is 5. The molecule has 1 heterocycles. The molecule has 208 valence electrons. The van der Waals surface area contributed by atoms with Gasteiger partial charge in [-0.2, -0.15) is 30.3 Å². The first-order valence-corrected chi connectivity index (χ1v) is 14.5. The molecule has 0 atom stereocenters. The predicted molar refractivity (Wildman–Crippen MR) is 123 cm³/mol. The third kappa shape index (κ3) is 11.7. The van der Waals surface area contributed by atoms with E-state index >= 15 is 0 Å². The lowest BCUT2D eigenvalue weighted by Gasteiger charge is -2.23. The van der Waals surface area contributed by atoms with Gasteiger partial charge >= 0.3 is 31.1 Å². The molecule has 35 heavy (non-hydrogen) atoms. The first-order chi connectivity index (χ1) is 16.0. The van der Waals surface area contributed by atoms with E-state index in [0.717, 1.165) is 32.2 Å². The van der Waals surface area contributed by atoms with Crippen LogP contribution in [-0.4, -0.2) is 42.1 Å². The Kier molecular flexibility index (Phi) is 14.9. The monoisotopic (exact) mass is 578 g/mol. The van der Waals surface area contributed by atoms with E-state index in [4.69, 9.17) is 0 Å². The number of sulfonamides is 2. The molecule has 0 spiro atoms. The van der Waals surface area contributed by atoms with Crippen molar-refractivity contribution in [1.82, 2.24) is 7.68 Å². The van der Waals surface area contributed by atoms with Gasteiger partial charge in [0.25, 0.3) is 6.33 Å². The van der Waals surface area contributed by atoms with Gasteiger partial charge in [0.15, 0.2) is 0 Å². The van der Waals surface area contributed by atoms with Gasteiger partial charge in [0.05, 0.1) is 6.54 Å². The minimum atomic E-state index is -6.66. The highest BCUT2D eigenvalue weighted by atomic mass is 32.3. The minimum Gasteiger partial charge on any atom is -0.236 e. The van der Waals surface area contributed by atoms with Crippen molar-refractivity contribution in [3.05, 3.63) is 18.7 Å². The number of aromatic nitrogens is 2. The number of aryl methyl sites for hydroxylation is 1. The smallest absolute Gasteiger partial charge is 0.236 e. The molecule has 0 aliphatic rings. The molecule has 1 aromatic rings. The molecule has 0 radical (unpaired) electrons. The highest BCUT2D eigenvalue weighted by Gasteiger charge is 2.61. The van der Waals surface area contributed by atoms with E-state index in [1.165, 1.54) is 12.8 Å². The summed E-state index contributed by atoms with van der Waals surface area (Å²) in [6, 6.07) is 0. The Morgan fingerprint density at radius 1 is 0.771 bits per heavy atom. The molecule has 1 rings (SSSR count). The second-order valence-electron chi connectivity index (χ2n) is 7.76. The van der Waals surface area contributed by atoms with Crippen LogP contribution in [0.4, 0.5) is 26.3 Å². The second-order valence-corrected chi connectivity index (χ2v) is 12.2. The first kappa shape index (κ1) is 34.0. The molecule has 0 saturated carbocycles. The fourth-order valence-electron chi connectivity index (χ4n) is 2.83. The summed E-state index contributed by atoms with van der Waals surface area (Å²) in [6.07, 6.45) is 13.0. The first-order valence-electron chi connectivity index (χ1n) is 11.2. The molecule has 0 fully saturated rings. The number of thiol groups is 1. The Morgan fingerprint density at radius 2 is 1.20 bits per heavy atom. The van der Waals surface area contributed by atoms with Crippen LogP contribution in [0.25, 0.3) is 0 Å². The molecule has 1 aromatic heterocycles. The van der Waals surface area contributed by atoms with Gasteiger partial charge in [-0.25, -0.2) is 21.4 Å². The van der Waals surface area contributed by atoms with Gasteiger partial charge < -0.3 is 0 Å². The van der Waals surface area contributed by atoms with Crippen LogP contribution in [0.3, 0.4) is 0 Å². The normalized spacial score (nSPS) is 13.1. The van der Waals surface area contributed by atoms with Crippen LogP contribution in [0.1, 0.15) is 78.1 Å². The molecule has 0 unspecified atom stereocenters. The molecule has 0 aliphatic heterocycles. The molecule has 16 heteroatoms. The van der Waals surface area contributed by atoms with Gasteiger partial charge in [-0.1, -0.05) is 68.9 Å². The van der Waals surface area contributed by atoms with Crippen molar-refractivity contribution in [1.29, 1.82) is 0 Å². The van der Waals surface area contributed by atoms with Crippen LogP contribution in [0.2, 0.25) is 0 Å². The van der Waals surface area contributed by atoms with Crippen molar-refractivity contribution in [2.75, 3.05) is 6.54 Å². The summed E-state index contributed by atoms with van der Waals surface area (Å²) in [7, 11) is -13.3. The van der Waals surface area contributed by atoms with Crippen molar-refractivity contribution < 1.29 is 47.7 Å². The van der Waals surface area contributed by atoms with Crippen molar-refractivity contribution in [3.63, 3.8) is 0 Å². The zero-order chi connectivity index (χ0) is 27.3. The Labute approximate surface area is 209 Å². The second kappa shape index (κ2) is 15.3. The number of unbranched alkanes of at least 4 members (excludes halogenated alkanes) is 8.